The zero-order valence-electron chi connectivity index (χ0n) is 15.9. The van der Waals surface area contributed by atoms with Crippen molar-refractivity contribution in [2.24, 2.45) is 0 Å². The Morgan fingerprint density at radius 1 is 1.00 bits per heavy atom. The first-order valence-electron chi connectivity index (χ1n) is 8.34. The summed E-state index contributed by atoms with van der Waals surface area (Å²) in [6.07, 6.45) is 0. The summed E-state index contributed by atoms with van der Waals surface area (Å²) >= 11 is 0. The summed E-state index contributed by atoms with van der Waals surface area (Å²) in [5.41, 5.74) is 1.05. The van der Waals surface area contributed by atoms with Crippen molar-refractivity contribution >= 4 is 16.1 Å². The van der Waals surface area contributed by atoms with Crippen LogP contribution >= 0.6 is 7.82 Å². The van der Waals surface area contributed by atoms with Crippen molar-refractivity contribution in [1.29, 1.82) is 0 Å². The fraction of sp³-hybridized carbons (Fsp3) is 0.647. The van der Waals surface area contributed by atoms with Crippen LogP contribution in [0.25, 0.3) is 0 Å². The summed E-state index contributed by atoms with van der Waals surface area (Å²) in [5.74, 6) is 0.455. The fourth-order valence-corrected chi connectivity index (χ4v) is 3.81. The Morgan fingerprint density at radius 2 is 1.50 bits per heavy atom. The van der Waals surface area contributed by atoms with Gasteiger partial charge in [-0.3, -0.25) is 9.05 Å². The lowest BCUT2D eigenvalue weighted by atomic mass is 10.2. The van der Waals surface area contributed by atoms with Crippen molar-refractivity contribution in [3.8, 4) is 5.75 Å². The van der Waals surface area contributed by atoms with Gasteiger partial charge in [0.05, 0.1) is 19.8 Å². The number of phosphoric acid groups is 1. The molecule has 0 radical (unpaired) electrons. The predicted octanol–water partition coefficient (Wildman–Crippen LogP) is 5.77. The van der Waals surface area contributed by atoms with Crippen molar-refractivity contribution in [3.05, 3.63) is 29.8 Å². The van der Waals surface area contributed by atoms with Gasteiger partial charge in [0.2, 0.25) is 0 Å². The molecule has 24 heavy (non-hydrogen) atoms. The molecule has 0 unspecified atom stereocenters. The molecule has 0 saturated heterocycles. The Balaban J connectivity index is 2.71. The van der Waals surface area contributed by atoms with Crippen LogP contribution in [0.3, 0.4) is 0 Å². The summed E-state index contributed by atoms with van der Waals surface area (Å²) < 4.78 is 34.2. The second-order valence-corrected chi connectivity index (χ2v) is 13.5. The van der Waals surface area contributed by atoms with Gasteiger partial charge in [0.1, 0.15) is 5.75 Å². The van der Waals surface area contributed by atoms with Crippen LogP contribution in [0.4, 0.5) is 0 Å². The van der Waals surface area contributed by atoms with E-state index in [-0.39, 0.29) is 18.3 Å². The highest BCUT2D eigenvalue weighted by molar-refractivity contribution is 7.48. The first-order chi connectivity index (χ1) is 11.0. The Kier molecular flexibility index (Phi) is 7.69. The standard InChI is InChI=1S/C17H31O5PSi/c1-8-19-23(18,20-9-2)22-16-12-10-15(11-13-16)14-21-24(6,7)17(3,4)5/h10-13H,8-9,14H2,1-7H3. The highest BCUT2D eigenvalue weighted by Gasteiger charge is 2.37. The molecule has 1 rings (SSSR count). The molecule has 0 aliphatic rings. The van der Waals surface area contributed by atoms with Crippen molar-refractivity contribution in [2.75, 3.05) is 13.2 Å². The molecular weight excluding hydrogens is 343 g/mol. The maximum Gasteiger partial charge on any atom is 0.530 e. The Labute approximate surface area is 147 Å². The van der Waals surface area contributed by atoms with E-state index in [0.717, 1.165) is 5.56 Å². The minimum absolute atomic E-state index is 0.178. The molecular formula is C17H31O5PSi. The molecule has 0 aliphatic carbocycles. The van der Waals surface area contributed by atoms with Crippen LogP contribution in [0.2, 0.25) is 18.1 Å². The molecule has 1 aromatic carbocycles. The van der Waals surface area contributed by atoms with Gasteiger partial charge in [-0.05, 0) is 49.7 Å². The normalized spacial score (nSPS) is 13.1. The molecule has 0 N–H and O–H groups in total. The van der Waals surface area contributed by atoms with Gasteiger partial charge >= 0.3 is 7.82 Å². The minimum Gasteiger partial charge on any atom is -0.413 e. The van der Waals surface area contributed by atoms with Gasteiger partial charge in [0.25, 0.3) is 0 Å². The summed E-state index contributed by atoms with van der Waals surface area (Å²) in [4.78, 5) is 0. The Morgan fingerprint density at radius 3 is 1.92 bits per heavy atom. The second kappa shape index (κ2) is 8.63. The SMILES string of the molecule is CCOP(=O)(OCC)Oc1ccc(CO[Si](C)(C)C(C)(C)C)cc1. The molecule has 7 heteroatoms. The molecule has 0 bridgehead atoms. The summed E-state index contributed by atoms with van der Waals surface area (Å²) in [7, 11) is -5.32. The van der Waals surface area contributed by atoms with Gasteiger partial charge in [0.15, 0.2) is 8.32 Å². The van der Waals surface area contributed by atoms with Crippen molar-refractivity contribution in [3.63, 3.8) is 0 Å². The zero-order chi connectivity index (χ0) is 18.4. The molecule has 0 fully saturated rings. The fourth-order valence-electron chi connectivity index (χ4n) is 1.66. The van der Waals surface area contributed by atoms with Gasteiger partial charge in [-0.1, -0.05) is 32.9 Å². The highest BCUT2D eigenvalue weighted by Crippen LogP contribution is 2.49. The molecule has 0 spiro atoms. The van der Waals surface area contributed by atoms with Crippen LogP contribution in [0.5, 0.6) is 5.75 Å². The second-order valence-electron chi connectivity index (χ2n) is 7.07. The van der Waals surface area contributed by atoms with Crippen LogP contribution in [0.1, 0.15) is 40.2 Å². The van der Waals surface area contributed by atoms with E-state index in [1.807, 2.05) is 12.1 Å². The third kappa shape index (κ3) is 6.34. The number of rotatable bonds is 9. The van der Waals surface area contributed by atoms with E-state index in [1.165, 1.54) is 0 Å². The maximum atomic E-state index is 12.3. The van der Waals surface area contributed by atoms with Gasteiger partial charge in [-0.2, -0.15) is 0 Å². The molecule has 0 aliphatic heterocycles. The minimum atomic E-state index is -3.54. The molecule has 0 amide bonds. The third-order valence-corrected chi connectivity index (χ3v) is 10.2. The molecule has 138 valence electrons. The van der Waals surface area contributed by atoms with Crippen LogP contribution in [0.15, 0.2) is 24.3 Å². The molecule has 0 saturated carbocycles. The number of hydrogen-bond donors (Lipinski definition) is 0. The highest BCUT2D eigenvalue weighted by atomic mass is 31.2. The largest absolute Gasteiger partial charge is 0.530 e. The van der Waals surface area contributed by atoms with Crippen molar-refractivity contribution in [1.82, 2.24) is 0 Å². The number of phosphoric ester groups is 1. The lowest BCUT2D eigenvalue weighted by molar-refractivity contribution is 0.167. The van der Waals surface area contributed by atoms with Gasteiger partial charge in [0, 0.05) is 0 Å². The lowest BCUT2D eigenvalue weighted by Gasteiger charge is -2.36. The van der Waals surface area contributed by atoms with Crippen LogP contribution < -0.4 is 4.52 Å². The average molecular weight is 374 g/mol. The predicted molar refractivity (Wildman–Crippen MR) is 99.9 cm³/mol. The summed E-state index contributed by atoms with van der Waals surface area (Å²) in [5, 5.41) is 0.178. The Hall–Kier alpha value is -0.653. The van der Waals surface area contributed by atoms with Gasteiger partial charge < -0.3 is 8.95 Å². The quantitative estimate of drug-likeness (QED) is 0.406. The smallest absolute Gasteiger partial charge is 0.413 e. The number of hydrogen-bond acceptors (Lipinski definition) is 5. The number of benzene rings is 1. The summed E-state index contributed by atoms with van der Waals surface area (Å²) in [6.45, 7) is 15.7. The van der Waals surface area contributed by atoms with E-state index < -0.39 is 16.1 Å². The van der Waals surface area contributed by atoms with E-state index in [2.05, 4.69) is 33.9 Å². The lowest BCUT2D eigenvalue weighted by Crippen LogP contribution is -2.40. The van der Waals surface area contributed by atoms with E-state index in [0.29, 0.717) is 12.4 Å². The first kappa shape index (κ1) is 21.4. The zero-order valence-corrected chi connectivity index (χ0v) is 17.8. The van der Waals surface area contributed by atoms with E-state index in [1.54, 1.807) is 26.0 Å². The van der Waals surface area contributed by atoms with Gasteiger partial charge in [-0.15, -0.1) is 0 Å². The monoisotopic (exact) mass is 374 g/mol. The topological polar surface area (TPSA) is 54.0 Å². The van der Waals surface area contributed by atoms with Crippen molar-refractivity contribution in [2.45, 2.75) is 59.4 Å². The first-order valence-corrected chi connectivity index (χ1v) is 12.7. The molecule has 0 atom stereocenters. The van der Waals surface area contributed by atoms with E-state index >= 15 is 0 Å². The van der Waals surface area contributed by atoms with Crippen molar-refractivity contribution < 1.29 is 22.6 Å². The van der Waals surface area contributed by atoms with E-state index in [9.17, 15) is 4.57 Å². The molecule has 5 nitrogen and oxygen atoms in total. The molecule has 0 aromatic heterocycles. The maximum absolute atomic E-state index is 12.3. The third-order valence-electron chi connectivity index (χ3n) is 4.12. The van der Waals surface area contributed by atoms with Crippen LogP contribution in [0, 0.1) is 0 Å². The van der Waals surface area contributed by atoms with E-state index in [4.69, 9.17) is 18.0 Å². The Bertz CT molecular complexity index is 541. The van der Waals surface area contributed by atoms with Crippen LogP contribution in [-0.4, -0.2) is 21.5 Å². The summed E-state index contributed by atoms with van der Waals surface area (Å²) in [6, 6.07) is 7.33. The molecule has 0 heterocycles. The molecule has 1 aromatic rings. The van der Waals surface area contributed by atoms with Gasteiger partial charge in [-0.25, -0.2) is 4.57 Å². The van der Waals surface area contributed by atoms with Crippen LogP contribution in [-0.2, 0) is 24.6 Å². The average Bonchev–Trinajstić information content (AvgIpc) is 2.45.